The second-order valence-corrected chi connectivity index (χ2v) is 4.68. The van der Waals surface area contributed by atoms with Crippen LogP contribution in [-0.2, 0) is 16.1 Å². The Morgan fingerprint density at radius 2 is 1.70 bits per heavy atom. The summed E-state index contributed by atoms with van der Waals surface area (Å²) in [5.74, 6) is 0. The summed E-state index contributed by atoms with van der Waals surface area (Å²) in [7, 11) is 0. The third-order valence-electron chi connectivity index (χ3n) is 3.01. The SMILES string of the molecule is CCOCCN(CCOCC)c1cccc(Cl)c1CO. The molecule has 1 rings (SSSR count). The fraction of sp³-hybridized carbons (Fsp3) is 0.600. The van der Waals surface area contributed by atoms with Crippen LogP contribution in [0.15, 0.2) is 18.2 Å². The van der Waals surface area contributed by atoms with Crippen molar-refractivity contribution < 1.29 is 14.6 Å². The third kappa shape index (κ3) is 5.29. The van der Waals surface area contributed by atoms with Crippen LogP contribution in [0.4, 0.5) is 5.69 Å². The number of benzene rings is 1. The molecule has 0 bridgehead atoms. The highest BCUT2D eigenvalue weighted by molar-refractivity contribution is 6.31. The van der Waals surface area contributed by atoms with Gasteiger partial charge < -0.3 is 19.5 Å². The number of rotatable bonds is 10. The van der Waals surface area contributed by atoms with Gasteiger partial charge in [-0.05, 0) is 26.0 Å². The molecule has 0 saturated heterocycles. The fourth-order valence-electron chi connectivity index (χ4n) is 1.99. The van der Waals surface area contributed by atoms with Gasteiger partial charge in [-0.15, -0.1) is 0 Å². The summed E-state index contributed by atoms with van der Waals surface area (Å²) in [6.07, 6.45) is 0. The van der Waals surface area contributed by atoms with Gasteiger partial charge in [-0.3, -0.25) is 0 Å². The van der Waals surface area contributed by atoms with Crippen LogP contribution in [0.1, 0.15) is 19.4 Å². The molecular weight excluding hydrogens is 278 g/mol. The van der Waals surface area contributed by atoms with Gasteiger partial charge in [0.1, 0.15) is 0 Å². The smallest absolute Gasteiger partial charge is 0.0716 e. The molecule has 0 aliphatic heterocycles. The number of hydrogen-bond acceptors (Lipinski definition) is 4. The van der Waals surface area contributed by atoms with Crippen molar-refractivity contribution in [1.29, 1.82) is 0 Å². The van der Waals surface area contributed by atoms with Gasteiger partial charge in [0, 0.05) is 42.6 Å². The minimum Gasteiger partial charge on any atom is -0.392 e. The number of ether oxygens (including phenoxy) is 2. The summed E-state index contributed by atoms with van der Waals surface area (Å²) in [5.41, 5.74) is 1.70. The molecule has 114 valence electrons. The molecule has 0 aromatic heterocycles. The highest BCUT2D eigenvalue weighted by Crippen LogP contribution is 2.27. The van der Waals surface area contributed by atoms with Crippen LogP contribution in [0.5, 0.6) is 0 Å². The number of halogens is 1. The van der Waals surface area contributed by atoms with Crippen molar-refractivity contribution in [3.63, 3.8) is 0 Å². The van der Waals surface area contributed by atoms with E-state index in [0.717, 1.165) is 24.3 Å². The molecule has 0 unspecified atom stereocenters. The monoisotopic (exact) mass is 301 g/mol. The van der Waals surface area contributed by atoms with E-state index in [1.165, 1.54) is 0 Å². The molecule has 0 amide bonds. The zero-order valence-corrected chi connectivity index (χ0v) is 13.0. The van der Waals surface area contributed by atoms with Crippen LogP contribution >= 0.6 is 11.6 Å². The maximum atomic E-state index is 9.52. The molecule has 1 aromatic carbocycles. The van der Waals surface area contributed by atoms with Crippen LogP contribution in [0.25, 0.3) is 0 Å². The normalized spacial score (nSPS) is 10.8. The largest absolute Gasteiger partial charge is 0.392 e. The van der Waals surface area contributed by atoms with Crippen LogP contribution in [0.2, 0.25) is 5.02 Å². The zero-order valence-electron chi connectivity index (χ0n) is 12.3. The van der Waals surface area contributed by atoms with Crippen LogP contribution < -0.4 is 4.90 Å². The highest BCUT2D eigenvalue weighted by Gasteiger charge is 2.13. The first kappa shape index (κ1) is 17.2. The summed E-state index contributed by atoms with van der Waals surface area (Å²) in [4.78, 5) is 2.14. The molecule has 0 fully saturated rings. The second kappa shape index (κ2) is 10.00. The van der Waals surface area contributed by atoms with Gasteiger partial charge >= 0.3 is 0 Å². The average molecular weight is 302 g/mol. The van der Waals surface area contributed by atoms with Crippen LogP contribution in [0.3, 0.4) is 0 Å². The van der Waals surface area contributed by atoms with Gasteiger partial charge in [0.25, 0.3) is 0 Å². The first-order valence-corrected chi connectivity index (χ1v) is 7.41. The standard InChI is InChI=1S/C15H24ClNO3/c1-3-19-10-8-17(9-11-20-4-2)15-7-5-6-14(16)13(15)12-18/h5-7,18H,3-4,8-12H2,1-2H3. The third-order valence-corrected chi connectivity index (χ3v) is 3.37. The lowest BCUT2D eigenvalue weighted by molar-refractivity contribution is 0.141. The first-order chi connectivity index (χ1) is 9.74. The van der Waals surface area contributed by atoms with Gasteiger partial charge in [-0.25, -0.2) is 0 Å². The predicted octanol–water partition coefficient (Wildman–Crippen LogP) is 2.71. The average Bonchev–Trinajstić information content (AvgIpc) is 2.46. The molecule has 4 nitrogen and oxygen atoms in total. The molecule has 0 saturated carbocycles. The Hall–Kier alpha value is -0.810. The van der Waals surface area contributed by atoms with Crippen molar-refractivity contribution in [3.05, 3.63) is 28.8 Å². The Labute approximate surface area is 126 Å². The van der Waals surface area contributed by atoms with E-state index >= 15 is 0 Å². The minimum atomic E-state index is -0.0746. The summed E-state index contributed by atoms with van der Waals surface area (Å²) >= 11 is 6.15. The van der Waals surface area contributed by atoms with Crippen molar-refractivity contribution in [2.24, 2.45) is 0 Å². The minimum absolute atomic E-state index is 0.0746. The van der Waals surface area contributed by atoms with Gasteiger partial charge in [-0.1, -0.05) is 17.7 Å². The molecule has 0 aliphatic rings. The first-order valence-electron chi connectivity index (χ1n) is 7.03. The van der Waals surface area contributed by atoms with Gasteiger partial charge in [0.15, 0.2) is 0 Å². The molecule has 0 radical (unpaired) electrons. The maximum Gasteiger partial charge on any atom is 0.0716 e. The van der Waals surface area contributed by atoms with E-state index in [4.69, 9.17) is 21.1 Å². The van der Waals surface area contributed by atoms with Crippen molar-refractivity contribution in [1.82, 2.24) is 0 Å². The Morgan fingerprint density at radius 3 is 2.20 bits per heavy atom. The number of aliphatic hydroxyl groups is 1. The molecule has 0 aliphatic carbocycles. The topological polar surface area (TPSA) is 41.9 Å². The van der Waals surface area contributed by atoms with Crippen molar-refractivity contribution >= 4 is 17.3 Å². The number of anilines is 1. The number of aliphatic hydroxyl groups excluding tert-OH is 1. The van der Waals surface area contributed by atoms with E-state index in [9.17, 15) is 5.11 Å². The maximum absolute atomic E-state index is 9.52. The summed E-state index contributed by atoms with van der Waals surface area (Å²) in [5, 5.41) is 10.1. The zero-order chi connectivity index (χ0) is 14.8. The van der Waals surface area contributed by atoms with E-state index in [0.29, 0.717) is 31.5 Å². The van der Waals surface area contributed by atoms with E-state index in [1.807, 2.05) is 26.0 Å². The number of nitrogens with zero attached hydrogens (tertiary/aromatic N) is 1. The summed E-state index contributed by atoms with van der Waals surface area (Å²) in [6.45, 7) is 8.03. The molecular formula is C15H24ClNO3. The van der Waals surface area contributed by atoms with Gasteiger partial charge in [-0.2, -0.15) is 0 Å². The molecule has 0 spiro atoms. The second-order valence-electron chi connectivity index (χ2n) is 4.28. The molecule has 5 heteroatoms. The highest BCUT2D eigenvalue weighted by atomic mass is 35.5. The van der Waals surface area contributed by atoms with Gasteiger partial charge in [0.05, 0.1) is 19.8 Å². The summed E-state index contributed by atoms with van der Waals surface area (Å²) < 4.78 is 10.8. The quantitative estimate of drug-likeness (QED) is 0.675. The fourth-order valence-corrected chi connectivity index (χ4v) is 2.22. The predicted molar refractivity (Wildman–Crippen MR) is 82.6 cm³/mol. The van der Waals surface area contributed by atoms with E-state index in [2.05, 4.69) is 4.90 Å². The van der Waals surface area contributed by atoms with Crippen molar-refractivity contribution in [2.75, 3.05) is 44.4 Å². The van der Waals surface area contributed by atoms with E-state index in [-0.39, 0.29) is 6.61 Å². The van der Waals surface area contributed by atoms with Crippen molar-refractivity contribution in [2.45, 2.75) is 20.5 Å². The van der Waals surface area contributed by atoms with E-state index in [1.54, 1.807) is 6.07 Å². The lowest BCUT2D eigenvalue weighted by atomic mass is 10.1. The molecule has 20 heavy (non-hydrogen) atoms. The Balaban J connectivity index is 2.81. The van der Waals surface area contributed by atoms with E-state index < -0.39 is 0 Å². The van der Waals surface area contributed by atoms with Crippen LogP contribution in [0, 0.1) is 0 Å². The lowest BCUT2D eigenvalue weighted by Gasteiger charge is -2.27. The summed E-state index contributed by atoms with van der Waals surface area (Å²) in [6, 6.07) is 5.65. The molecule has 0 atom stereocenters. The lowest BCUT2D eigenvalue weighted by Crippen LogP contribution is -2.32. The Bertz CT molecular complexity index is 377. The molecule has 1 aromatic rings. The number of hydrogen-bond donors (Lipinski definition) is 1. The Kier molecular flexibility index (Phi) is 8.62. The van der Waals surface area contributed by atoms with Gasteiger partial charge in [0.2, 0.25) is 0 Å². The molecule has 0 heterocycles. The molecule has 1 N–H and O–H groups in total. The van der Waals surface area contributed by atoms with Crippen molar-refractivity contribution in [3.8, 4) is 0 Å². The Morgan fingerprint density at radius 1 is 1.10 bits per heavy atom. The van der Waals surface area contributed by atoms with Crippen LogP contribution in [-0.4, -0.2) is 44.6 Å².